The van der Waals surface area contributed by atoms with Crippen LogP contribution in [0.5, 0.6) is 0 Å². The van der Waals surface area contributed by atoms with Gasteiger partial charge in [0.25, 0.3) is 15.9 Å². The van der Waals surface area contributed by atoms with Crippen molar-refractivity contribution in [3.63, 3.8) is 0 Å². The van der Waals surface area contributed by atoms with Crippen molar-refractivity contribution in [3.8, 4) is 16.3 Å². The predicted molar refractivity (Wildman–Crippen MR) is 133 cm³/mol. The lowest BCUT2D eigenvalue weighted by Crippen LogP contribution is -2.29. The predicted octanol–water partition coefficient (Wildman–Crippen LogP) is 4.32. The number of aliphatic imine (C=N–C) groups is 1. The van der Waals surface area contributed by atoms with E-state index in [0.29, 0.717) is 35.9 Å². The average Bonchev–Trinajstić information content (AvgIpc) is 3.61. The van der Waals surface area contributed by atoms with Gasteiger partial charge in [-0.1, -0.05) is 30.3 Å². The van der Waals surface area contributed by atoms with Gasteiger partial charge in [0.1, 0.15) is 17.2 Å². The molecule has 0 spiro atoms. The number of carbonyl (C=O) groups is 1. The molecule has 2 aromatic carbocycles. The first-order chi connectivity index (χ1) is 16.5. The highest BCUT2D eigenvalue weighted by Gasteiger charge is 2.21. The Hall–Kier alpha value is -3.76. The summed E-state index contributed by atoms with van der Waals surface area (Å²) in [5.74, 6) is 0.0594. The van der Waals surface area contributed by atoms with Crippen molar-refractivity contribution in [1.29, 1.82) is 0 Å². The first-order valence-corrected chi connectivity index (χ1v) is 13.0. The third-order valence-electron chi connectivity index (χ3n) is 5.25. The fourth-order valence-corrected chi connectivity index (χ4v) is 5.44. The number of hydrogen-bond acceptors (Lipinski definition) is 6. The van der Waals surface area contributed by atoms with Crippen LogP contribution in [0.2, 0.25) is 0 Å². The quantitative estimate of drug-likeness (QED) is 0.419. The number of nitrogens with zero attached hydrogens (tertiary/aromatic N) is 3. The Labute approximate surface area is 201 Å². The van der Waals surface area contributed by atoms with Crippen LogP contribution in [0.4, 0.5) is 5.69 Å². The third-order valence-corrected chi connectivity index (χ3v) is 7.52. The highest BCUT2D eigenvalue weighted by molar-refractivity contribution is 7.90. The molecule has 1 amide bonds. The third kappa shape index (κ3) is 4.63. The van der Waals surface area contributed by atoms with Gasteiger partial charge in [0.15, 0.2) is 0 Å². The lowest BCUT2D eigenvalue weighted by atomic mass is 10.2. The van der Waals surface area contributed by atoms with Crippen LogP contribution in [0.1, 0.15) is 23.3 Å². The minimum atomic E-state index is -3.79. The van der Waals surface area contributed by atoms with Crippen molar-refractivity contribution in [2.45, 2.75) is 17.7 Å². The van der Waals surface area contributed by atoms with Crippen molar-refractivity contribution < 1.29 is 13.2 Å². The number of amides is 1. The molecule has 0 saturated carbocycles. The lowest BCUT2D eigenvalue weighted by Gasteiger charge is -2.11. The first-order valence-electron chi connectivity index (χ1n) is 10.7. The molecule has 34 heavy (non-hydrogen) atoms. The Morgan fingerprint density at radius 1 is 1.00 bits per heavy atom. The number of amidine groups is 1. The molecule has 172 valence electrons. The molecule has 3 heterocycles. The molecule has 0 saturated heterocycles. The van der Waals surface area contributed by atoms with Crippen molar-refractivity contribution in [2.24, 2.45) is 4.99 Å². The first kappa shape index (κ1) is 22.1. The SMILES string of the molecule is O=C(Nc1cccc(S(=O)(=O)NC2=NCCC2)c1)c1cc(-c2cccs2)nn1-c1ccccc1. The normalized spacial score (nSPS) is 13.5. The molecule has 2 N–H and O–H groups in total. The number of nitrogens with one attached hydrogen (secondary N) is 2. The monoisotopic (exact) mass is 491 g/mol. The molecule has 0 bridgehead atoms. The molecule has 4 aromatic rings. The molecular weight excluding hydrogens is 470 g/mol. The Morgan fingerprint density at radius 3 is 2.59 bits per heavy atom. The molecule has 0 unspecified atom stereocenters. The molecule has 1 aliphatic rings. The summed E-state index contributed by atoms with van der Waals surface area (Å²) in [6, 6.07) is 21.1. The van der Waals surface area contributed by atoms with Crippen LogP contribution < -0.4 is 10.0 Å². The second-order valence-electron chi connectivity index (χ2n) is 7.66. The summed E-state index contributed by atoms with van der Waals surface area (Å²) >= 11 is 1.54. The number of thiophene rings is 1. The molecule has 2 aromatic heterocycles. The van der Waals surface area contributed by atoms with Crippen LogP contribution in [0.25, 0.3) is 16.3 Å². The standard InChI is InChI=1S/C24H21N5O3S2/c30-24(26-17-7-4-10-19(15-17)34(31,32)28-23-12-5-13-25-23)21-16-20(22-11-6-14-33-22)27-29(21)18-8-2-1-3-9-18/h1-4,6-11,14-16H,5,12-13H2,(H,25,28)(H,26,30). The van der Waals surface area contributed by atoms with E-state index < -0.39 is 15.9 Å². The molecule has 10 heteroatoms. The fourth-order valence-electron chi connectivity index (χ4n) is 3.63. The van der Waals surface area contributed by atoms with Gasteiger partial charge in [0, 0.05) is 18.7 Å². The summed E-state index contributed by atoms with van der Waals surface area (Å²) < 4.78 is 29.6. The van der Waals surface area contributed by atoms with E-state index in [1.165, 1.54) is 23.5 Å². The van der Waals surface area contributed by atoms with Crippen molar-refractivity contribution in [1.82, 2.24) is 14.5 Å². The number of para-hydroxylation sites is 1. The second kappa shape index (κ2) is 9.24. The van der Waals surface area contributed by atoms with Crippen LogP contribution in [0, 0.1) is 0 Å². The highest BCUT2D eigenvalue weighted by Crippen LogP contribution is 2.26. The van der Waals surface area contributed by atoms with E-state index in [4.69, 9.17) is 0 Å². The number of rotatable bonds is 6. The van der Waals surface area contributed by atoms with E-state index in [1.807, 2.05) is 47.8 Å². The summed E-state index contributed by atoms with van der Waals surface area (Å²) in [4.78, 5) is 18.4. The topological polar surface area (TPSA) is 105 Å². The summed E-state index contributed by atoms with van der Waals surface area (Å²) in [5, 5.41) is 9.41. The van der Waals surface area contributed by atoms with Gasteiger partial charge >= 0.3 is 0 Å². The zero-order chi connectivity index (χ0) is 23.5. The molecular formula is C24H21N5O3S2. The van der Waals surface area contributed by atoms with Crippen molar-refractivity contribution in [3.05, 3.63) is 83.9 Å². The van der Waals surface area contributed by atoms with E-state index in [0.717, 1.165) is 17.0 Å². The summed E-state index contributed by atoms with van der Waals surface area (Å²) in [6.45, 7) is 0.622. The van der Waals surface area contributed by atoms with E-state index >= 15 is 0 Å². The van der Waals surface area contributed by atoms with Gasteiger partial charge in [-0.3, -0.25) is 14.5 Å². The van der Waals surface area contributed by atoms with E-state index in [9.17, 15) is 13.2 Å². The molecule has 8 nitrogen and oxygen atoms in total. The number of sulfonamides is 1. The van der Waals surface area contributed by atoms with Gasteiger partial charge < -0.3 is 5.32 Å². The Bertz CT molecular complexity index is 1460. The van der Waals surface area contributed by atoms with Gasteiger partial charge in [-0.05, 0) is 54.3 Å². The minimum absolute atomic E-state index is 0.0516. The number of aromatic nitrogens is 2. The Morgan fingerprint density at radius 2 is 1.85 bits per heavy atom. The van der Waals surface area contributed by atoms with Gasteiger partial charge in [0.2, 0.25) is 0 Å². The largest absolute Gasteiger partial charge is 0.321 e. The molecule has 1 aliphatic heterocycles. The number of carbonyl (C=O) groups excluding carboxylic acids is 1. The molecule has 0 aliphatic carbocycles. The average molecular weight is 492 g/mol. The number of hydrogen-bond donors (Lipinski definition) is 2. The van der Waals surface area contributed by atoms with Gasteiger partial charge in [-0.25, -0.2) is 13.1 Å². The van der Waals surface area contributed by atoms with Crippen LogP contribution in [0.15, 0.2) is 88.1 Å². The van der Waals surface area contributed by atoms with Crippen LogP contribution in [0.3, 0.4) is 0 Å². The summed E-state index contributed by atoms with van der Waals surface area (Å²) in [5.41, 5.74) is 2.12. The van der Waals surface area contributed by atoms with Gasteiger partial charge in [-0.15, -0.1) is 11.3 Å². The van der Waals surface area contributed by atoms with Crippen LogP contribution in [-0.2, 0) is 10.0 Å². The molecule has 5 rings (SSSR count). The minimum Gasteiger partial charge on any atom is -0.321 e. The molecule has 0 atom stereocenters. The maximum absolute atomic E-state index is 13.3. The Balaban J connectivity index is 1.44. The maximum Gasteiger partial charge on any atom is 0.274 e. The van der Waals surface area contributed by atoms with Crippen LogP contribution in [-0.4, -0.2) is 36.5 Å². The zero-order valence-corrected chi connectivity index (χ0v) is 19.6. The highest BCUT2D eigenvalue weighted by atomic mass is 32.2. The van der Waals surface area contributed by atoms with E-state index in [-0.39, 0.29) is 4.90 Å². The van der Waals surface area contributed by atoms with Crippen molar-refractivity contribution >= 4 is 38.8 Å². The Kier molecular flexibility index (Phi) is 5.99. The van der Waals surface area contributed by atoms with E-state index in [1.54, 1.807) is 22.9 Å². The fraction of sp³-hybridized carbons (Fsp3) is 0.125. The van der Waals surface area contributed by atoms with Crippen molar-refractivity contribution in [2.75, 3.05) is 11.9 Å². The molecule has 0 fully saturated rings. The smallest absolute Gasteiger partial charge is 0.274 e. The zero-order valence-electron chi connectivity index (χ0n) is 18.0. The lowest BCUT2D eigenvalue weighted by molar-refractivity contribution is 0.101. The number of benzene rings is 2. The van der Waals surface area contributed by atoms with Gasteiger partial charge in [-0.2, -0.15) is 5.10 Å². The number of anilines is 1. The van der Waals surface area contributed by atoms with E-state index in [2.05, 4.69) is 20.1 Å². The van der Waals surface area contributed by atoms with Gasteiger partial charge in [0.05, 0.1) is 15.5 Å². The summed E-state index contributed by atoms with van der Waals surface area (Å²) in [6.07, 6.45) is 1.43. The summed E-state index contributed by atoms with van der Waals surface area (Å²) in [7, 11) is -3.79. The second-order valence-corrected chi connectivity index (χ2v) is 10.3. The van der Waals surface area contributed by atoms with Crippen LogP contribution >= 0.6 is 11.3 Å². The maximum atomic E-state index is 13.3. The molecule has 0 radical (unpaired) electrons.